The molecule has 20 heavy (non-hydrogen) atoms. The molecule has 2 rings (SSSR count). The molecule has 0 radical (unpaired) electrons. The van der Waals surface area contributed by atoms with Gasteiger partial charge in [-0.05, 0) is 35.1 Å². The highest BCUT2D eigenvalue weighted by Crippen LogP contribution is 2.18. The normalized spacial score (nSPS) is 10.5. The molecule has 2 N–H and O–H groups in total. The molecule has 0 bridgehead atoms. The van der Waals surface area contributed by atoms with Gasteiger partial charge < -0.3 is 10.6 Å². The van der Waals surface area contributed by atoms with Gasteiger partial charge in [-0.25, -0.2) is 0 Å². The number of anilines is 1. The van der Waals surface area contributed by atoms with Crippen LogP contribution in [-0.2, 0) is 24.3 Å². The molecule has 0 aliphatic heterocycles. The van der Waals surface area contributed by atoms with E-state index in [4.69, 9.17) is 0 Å². The minimum Gasteiger partial charge on any atom is -0.326 e. The van der Waals surface area contributed by atoms with Crippen molar-refractivity contribution in [3.63, 3.8) is 0 Å². The van der Waals surface area contributed by atoms with Gasteiger partial charge >= 0.3 is 0 Å². The second-order valence-corrected chi connectivity index (χ2v) is 5.67. The van der Waals surface area contributed by atoms with E-state index < -0.39 is 0 Å². The van der Waals surface area contributed by atoms with E-state index in [-0.39, 0.29) is 5.91 Å². The molecule has 1 amide bonds. The van der Waals surface area contributed by atoms with Crippen molar-refractivity contribution >= 4 is 22.9 Å². The van der Waals surface area contributed by atoms with Gasteiger partial charge in [0.15, 0.2) is 0 Å². The topological polar surface area (TPSA) is 41.1 Å². The van der Waals surface area contributed by atoms with Crippen LogP contribution in [0.1, 0.15) is 29.9 Å². The third kappa shape index (κ3) is 3.92. The van der Waals surface area contributed by atoms with Gasteiger partial charge in [-0.1, -0.05) is 25.1 Å². The lowest BCUT2D eigenvalue weighted by Crippen LogP contribution is -2.15. The Morgan fingerprint density at radius 2 is 1.95 bits per heavy atom. The Kier molecular flexibility index (Phi) is 5.32. The number of hydrogen-bond acceptors (Lipinski definition) is 3. The highest BCUT2D eigenvalue weighted by Gasteiger charge is 2.05. The lowest BCUT2D eigenvalue weighted by Gasteiger charge is -2.11. The molecule has 0 unspecified atom stereocenters. The van der Waals surface area contributed by atoms with Crippen LogP contribution in [0.5, 0.6) is 0 Å². The van der Waals surface area contributed by atoms with Crippen LogP contribution >= 0.6 is 11.3 Å². The average molecular weight is 288 g/mol. The highest BCUT2D eigenvalue weighted by molar-refractivity contribution is 7.10. The van der Waals surface area contributed by atoms with Crippen LogP contribution in [0.2, 0.25) is 0 Å². The number of carbonyl (C=O) groups is 1. The Bertz CT molecular complexity index is 577. The van der Waals surface area contributed by atoms with Crippen molar-refractivity contribution in [2.75, 3.05) is 5.32 Å². The van der Waals surface area contributed by atoms with E-state index in [0.29, 0.717) is 0 Å². The predicted molar refractivity (Wildman–Crippen MR) is 85.0 cm³/mol. The van der Waals surface area contributed by atoms with Crippen LogP contribution in [0, 0.1) is 0 Å². The van der Waals surface area contributed by atoms with Crippen LogP contribution in [0.15, 0.2) is 35.7 Å². The Morgan fingerprint density at radius 1 is 1.15 bits per heavy atom. The average Bonchev–Trinajstić information content (AvgIpc) is 2.87. The number of benzene rings is 1. The molecular weight excluding hydrogens is 268 g/mol. The minimum atomic E-state index is -0.0380. The first-order chi connectivity index (χ1) is 9.70. The second-order valence-electron chi connectivity index (χ2n) is 4.66. The molecule has 4 heteroatoms. The maximum absolute atomic E-state index is 11.2. The van der Waals surface area contributed by atoms with Crippen molar-refractivity contribution in [3.05, 3.63) is 51.7 Å². The number of amides is 1. The molecule has 0 fully saturated rings. The number of hydrogen-bond donors (Lipinski definition) is 2. The zero-order chi connectivity index (χ0) is 14.4. The zero-order valence-corrected chi connectivity index (χ0v) is 12.7. The van der Waals surface area contributed by atoms with Crippen LogP contribution in [0.25, 0.3) is 0 Å². The van der Waals surface area contributed by atoms with E-state index in [1.54, 1.807) is 11.3 Å². The molecular formula is C16H20N2OS. The lowest BCUT2D eigenvalue weighted by atomic mass is 10.1. The summed E-state index contributed by atoms with van der Waals surface area (Å²) >= 11 is 1.79. The molecule has 0 aliphatic carbocycles. The summed E-state index contributed by atoms with van der Waals surface area (Å²) in [5.74, 6) is -0.0380. The first-order valence-corrected chi connectivity index (χ1v) is 7.70. The van der Waals surface area contributed by atoms with Gasteiger partial charge in [-0.2, -0.15) is 0 Å². The van der Waals surface area contributed by atoms with Crippen molar-refractivity contribution in [1.29, 1.82) is 0 Å². The van der Waals surface area contributed by atoms with Crippen LogP contribution in [0.3, 0.4) is 0 Å². The van der Waals surface area contributed by atoms with Crippen molar-refractivity contribution < 1.29 is 4.79 Å². The number of aryl methyl sites for hydroxylation is 1. The fourth-order valence-electron chi connectivity index (χ4n) is 2.13. The van der Waals surface area contributed by atoms with E-state index in [1.807, 2.05) is 24.3 Å². The Labute approximate surface area is 124 Å². The van der Waals surface area contributed by atoms with E-state index in [1.165, 1.54) is 17.4 Å². The number of rotatable bonds is 6. The first-order valence-electron chi connectivity index (χ1n) is 6.82. The summed E-state index contributed by atoms with van der Waals surface area (Å²) in [7, 11) is 0. The largest absolute Gasteiger partial charge is 0.326 e. The monoisotopic (exact) mass is 288 g/mol. The van der Waals surface area contributed by atoms with Gasteiger partial charge in [0.05, 0.1) is 0 Å². The van der Waals surface area contributed by atoms with E-state index in [9.17, 15) is 4.79 Å². The molecule has 0 spiro atoms. The molecule has 3 nitrogen and oxygen atoms in total. The third-order valence-electron chi connectivity index (χ3n) is 3.15. The Hall–Kier alpha value is -1.65. The maximum atomic E-state index is 11.2. The lowest BCUT2D eigenvalue weighted by molar-refractivity contribution is -0.114. The number of para-hydroxylation sites is 1. The van der Waals surface area contributed by atoms with Gasteiger partial charge in [0.2, 0.25) is 5.91 Å². The number of thiophene rings is 1. The summed E-state index contributed by atoms with van der Waals surface area (Å²) in [5.41, 5.74) is 3.41. The van der Waals surface area contributed by atoms with Gasteiger partial charge in [0, 0.05) is 30.6 Å². The Morgan fingerprint density at radius 3 is 2.70 bits per heavy atom. The number of carbonyl (C=O) groups excluding carboxylic acids is 1. The fraction of sp³-hybridized carbons (Fsp3) is 0.312. The smallest absolute Gasteiger partial charge is 0.221 e. The maximum Gasteiger partial charge on any atom is 0.221 e. The molecule has 0 saturated heterocycles. The summed E-state index contributed by atoms with van der Waals surface area (Å²) in [5, 5.41) is 8.45. The molecule has 1 heterocycles. The first kappa shape index (κ1) is 14.8. The molecule has 0 aliphatic rings. The molecule has 0 atom stereocenters. The van der Waals surface area contributed by atoms with E-state index in [0.717, 1.165) is 30.8 Å². The highest BCUT2D eigenvalue weighted by atomic mass is 32.1. The molecule has 1 aromatic heterocycles. The van der Waals surface area contributed by atoms with E-state index in [2.05, 4.69) is 29.0 Å². The fourth-order valence-corrected chi connectivity index (χ4v) is 3.08. The van der Waals surface area contributed by atoms with Crippen molar-refractivity contribution in [3.8, 4) is 0 Å². The molecule has 0 saturated carbocycles. The predicted octanol–water partition coefficient (Wildman–Crippen LogP) is 3.56. The van der Waals surface area contributed by atoms with E-state index >= 15 is 0 Å². The molecule has 2 aromatic rings. The molecule has 1 aromatic carbocycles. The Balaban J connectivity index is 1.95. The quantitative estimate of drug-likeness (QED) is 0.853. The van der Waals surface area contributed by atoms with Crippen LogP contribution in [-0.4, -0.2) is 5.91 Å². The standard InChI is InChI=1S/C16H20N2OS/c1-3-13-8-9-20-16(13)11-17-10-14-6-4-5-7-15(14)18-12(2)19/h4-9,17H,3,10-11H2,1-2H3,(H,18,19). The van der Waals surface area contributed by atoms with Crippen molar-refractivity contribution in [2.24, 2.45) is 0 Å². The molecule has 106 valence electrons. The summed E-state index contributed by atoms with van der Waals surface area (Å²) in [4.78, 5) is 12.6. The van der Waals surface area contributed by atoms with Gasteiger partial charge in [-0.3, -0.25) is 4.79 Å². The SMILES string of the molecule is CCc1ccsc1CNCc1ccccc1NC(C)=O. The minimum absolute atomic E-state index is 0.0380. The van der Waals surface area contributed by atoms with Crippen LogP contribution in [0.4, 0.5) is 5.69 Å². The van der Waals surface area contributed by atoms with Crippen molar-refractivity contribution in [2.45, 2.75) is 33.4 Å². The summed E-state index contributed by atoms with van der Waals surface area (Å²) < 4.78 is 0. The summed E-state index contributed by atoms with van der Waals surface area (Å²) in [6.45, 7) is 5.33. The van der Waals surface area contributed by atoms with Gasteiger partial charge in [0.1, 0.15) is 0 Å². The second kappa shape index (κ2) is 7.22. The van der Waals surface area contributed by atoms with Gasteiger partial charge in [0.25, 0.3) is 0 Å². The summed E-state index contributed by atoms with van der Waals surface area (Å²) in [6.07, 6.45) is 1.07. The zero-order valence-electron chi connectivity index (χ0n) is 11.9. The summed E-state index contributed by atoms with van der Waals surface area (Å²) in [6, 6.07) is 10.1. The van der Waals surface area contributed by atoms with Gasteiger partial charge in [-0.15, -0.1) is 11.3 Å². The number of nitrogens with one attached hydrogen (secondary N) is 2. The van der Waals surface area contributed by atoms with Crippen LogP contribution < -0.4 is 10.6 Å². The van der Waals surface area contributed by atoms with Crippen molar-refractivity contribution in [1.82, 2.24) is 5.32 Å². The third-order valence-corrected chi connectivity index (χ3v) is 4.11.